The third-order valence-electron chi connectivity index (χ3n) is 7.80. The molecule has 5 nitrogen and oxygen atoms in total. The van der Waals surface area contributed by atoms with Crippen molar-refractivity contribution in [3.8, 4) is 0 Å². The van der Waals surface area contributed by atoms with Crippen LogP contribution in [0, 0.1) is 17.8 Å². The summed E-state index contributed by atoms with van der Waals surface area (Å²) in [4.78, 5) is 26.2. The number of nitrogens with two attached hydrogens (primary N) is 1. The highest BCUT2D eigenvalue weighted by Crippen LogP contribution is 2.64. The van der Waals surface area contributed by atoms with E-state index in [0.29, 0.717) is 11.5 Å². The summed E-state index contributed by atoms with van der Waals surface area (Å²) in [6.45, 7) is 4.03. The van der Waals surface area contributed by atoms with Crippen molar-refractivity contribution in [3.05, 3.63) is 48.0 Å². The van der Waals surface area contributed by atoms with E-state index in [-0.39, 0.29) is 24.0 Å². The molecule has 0 aromatic heterocycles. The number of Topliss-reactive ketones (excluding diaryl/α,β-unsaturated/α-hetero) is 1. The Bertz CT molecular complexity index is 1060. The van der Waals surface area contributed by atoms with Gasteiger partial charge in [0.15, 0.2) is 11.5 Å². The second kappa shape index (κ2) is 6.59. The molecule has 2 bridgehead atoms. The van der Waals surface area contributed by atoms with Crippen LogP contribution >= 0.6 is 9.24 Å². The number of fused-ring (bicyclic) bond motifs is 5. The lowest BCUT2D eigenvalue weighted by Gasteiger charge is -2.55. The van der Waals surface area contributed by atoms with Crippen LogP contribution in [0.15, 0.2) is 42.5 Å². The second-order valence-electron chi connectivity index (χ2n) is 9.32. The van der Waals surface area contributed by atoms with Crippen LogP contribution in [-0.4, -0.2) is 28.4 Å². The van der Waals surface area contributed by atoms with Crippen LogP contribution in [0.5, 0.6) is 0 Å². The number of benzene rings is 2. The van der Waals surface area contributed by atoms with Gasteiger partial charge < -0.3 is 9.47 Å². The van der Waals surface area contributed by atoms with E-state index in [4.69, 9.17) is 15.2 Å². The van der Waals surface area contributed by atoms with E-state index < -0.39 is 22.6 Å². The molecule has 0 radical (unpaired) electrons. The third-order valence-corrected chi connectivity index (χ3v) is 8.57. The van der Waals surface area contributed by atoms with E-state index in [9.17, 15) is 9.59 Å². The van der Waals surface area contributed by atoms with Gasteiger partial charge in [-0.15, -0.1) is 0 Å². The first-order valence-electron chi connectivity index (χ1n) is 10.8. The molecule has 30 heavy (non-hydrogen) atoms. The van der Waals surface area contributed by atoms with Crippen LogP contribution in [0.25, 0.3) is 10.8 Å². The molecule has 7 unspecified atom stereocenters. The fraction of sp³-hybridized carbons (Fsp3) is 0.500. The van der Waals surface area contributed by atoms with Crippen molar-refractivity contribution < 1.29 is 19.1 Å². The van der Waals surface area contributed by atoms with Crippen molar-refractivity contribution in [2.45, 2.75) is 56.2 Å². The monoisotopic (exact) mass is 425 g/mol. The average molecular weight is 425 g/mol. The fourth-order valence-corrected chi connectivity index (χ4v) is 6.84. The summed E-state index contributed by atoms with van der Waals surface area (Å²) in [6.07, 6.45) is 2.89. The summed E-state index contributed by atoms with van der Waals surface area (Å²) < 4.78 is 12.5. The summed E-state index contributed by atoms with van der Waals surface area (Å²) in [5.41, 5.74) is 5.17. The Morgan fingerprint density at radius 1 is 1.23 bits per heavy atom. The van der Waals surface area contributed by atoms with Gasteiger partial charge in [-0.1, -0.05) is 52.9 Å². The topological polar surface area (TPSA) is 78.6 Å². The molecule has 2 heterocycles. The van der Waals surface area contributed by atoms with Gasteiger partial charge in [0.2, 0.25) is 0 Å². The highest BCUT2D eigenvalue weighted by Gasteiger charge is 2.75. The number of carbonyl (C=O) groups excluding carboxylic acids is 2. The molecule has 3 fully saturated rings. The first kappa shape index (κ1) is 20.1. The average Bonchev–Trinajstić information content (AvgIpc) is 3.26. The predicted octanol–water partition coefficient (Wildman–Crippen LogP) is 4.04. The number of esters is 1. The molecule has 0 amide bonds. The van der Waals surface area contributed by atoms with Crippen LogP contribution in [0.4, 0.5) is 0 Å². The van der Waals surface area contributed by atoms with E-state index in [0.717, 1.165) is 30.0 Å². The number of carbonyl (C=O) groups is 2. The maximum absolute atomic E-state index is 13.3. The molecule has 2 aromatic rings. The van der Waals surface area contributed by atoms with E-state index in [2.05, 4.69) is 16.2 Å². The molecule has 158 valence electrons. The van der Waals surface area contributed by atoms with Gasteiger partial charge in [0.05, 0.1) is 5.56 Å². The standard InChI is InChI=1S/C24H28NO4P/c1-3-14-10-11-18-20(14)24(25,23(30)13-19(26)22(18,2)29-23)28-21(27)17-9-8-15-6-4-5-7-16(15)12-17/h4-9,12,14,18,20H,3,10-11,13,25,30H2,1-2H3. The maximum Gasteiger partial charge on any atom is 0.340 e. The Balaban J connectivity index is 1.55. The first-order valence-corrected chi connectivity index (χ1v) is 11.3. The van der Waals surface area contributed by atoms with Crippen molar-refractivity contribution in [3.63, 3.8) is 0 Å². The minimum absolute atomic E-state index is 0.0412. The van der Waals surface area contributed by atoms with Crippen molar-refractivity contribution in [1.29, 1.82) is 0 Å². The molecule has 2 aliphatic heterocycles. The molecule has 1 saturated carbocycles. The highest BCUT2D eigenvalue weighted by molar-refractivity contribution is 7.19. The van der Waals surface area contributed by atoms with Crippen molar-refractivity contribution in [1.82, 2.24) is 0 Å². The number of hydrogen-bond acceptors (Lipinski definition) is 5. The minimum atomic E-state index is -1.38. The SMILES string of the molecule is CCC1CCC2C1C(N)(OC(=O)c1ccc3ccccc3c1)C1(P)CC(=O)C2(C)O1. The summed E-state index contributed by atoms with van der Waals surface area (Å²) in [6, 6.07) is 13.4. The molecule has 6 heteroatoms. The van der Waals surface area contributed by atoms with E-state index in [1.165, 1.54) is 0 Å². The molecule has 5 rings (SSSR count). The molecule has 2 N–H and O–H groups in total. The minimum Gasteiger partial charge on any atom is -0.437 e. The Morgan fingerprint density at radius 2 is 1.97 bits per heavy atom. The Morgan fingerprint density at radius 3 is 2.70 bits per heavy atom. The molecule has 3 aliphatic rings. The van der Waals surface area contributed by atoms with Gasteiger partial charge in [0.1, 0.15) is 10.9 Å². The first-order chi connectivity index (χ1) is 14.2. The van der Waals surface area contributed by atoms with E-state index in [1.54, 1.807) is 6.07 Å². The summed E-state index contributed by atoms with van der Waals surface area (Å²) in [5, 5.41) is 0.913. The zero-order valence-corrected chi connectivity index (χ0v) is 18.5. The Hall–Kier alpha value is -1.81. The van der Waals surface area contributed by atoms with Gasteiger partial charge in [0.25, 0.3) is 0 Å². The Labute approximate surface area is 178 Å². The zero-order valence-electron chi connectivity index (χ0n) is 17.4. The molecular formula is C24H28NO4P. The van der Waals surface area contributed by atoms with Gasteiger partial charge in [-0.05, 0) is 48.6 Å². The summed E-state index contributed by atoms with van der Waals surface area (Å²) in [5.74, 6) is -0.288. The molecule has 0 spiro atoms. The zero-order chi connectivity index (χ0) is 21.3. The van der Waals surface area contributed by atoms with Crippen LogP contribution < -0.4 is 5.73 Å². The van der Waals surface area contributed by atoms with Crippen molar-refractivity contribution in [2.75, 3.05) is 0 Å². The maximum atomic E-state index is 13.3. The fourth-order valence-electron chi connectivity index (χ4n) is 6.16. The van der Waals surface area contributed by atoms with Crippen LogP contribution in [0.3, 0.4) is 0 Å². The smallest absolute Gasteiger partial charge is 0.340 e. The lowest BCUT2D eigenvalue weighted by atomic mass is 9.71. The van der Waals surface area contributed by atoms with Gasteiger partial charge in [-0.3, -0.25) is 10.5 Å². The number of ketones is 1. The highest BCUT2D eigenvalue weighted by atomic mass is 31.0. The lowest BCUT2D eigenvalue weighted by Crippen LogP contribution is -2.71. The quantitative estimate of drug-likeness (QED) is 0.456. The van der Waals surface area contributed by atoms with Crippen LogP contribution in [0.1, 0.15) is 49.9 Å². The normalized spacial score (nSPS) is 39.9. The molecule has 1 aliphatic carbocycles. The van der Waals surface area contributed by atoms with E-state index >= 15 is 0 Å². The second-order valence-corrected chi connectivity index (χ2v) is 10.3. The summed E-state index contributed by atoms with van der Waals surface area (Å²) in [7, 11) is 2.63. The molecular weight excluding hydrogens is 397 g/mol. The predicted molar refractivity (Wildman–Crippen MR) is 118 cm³/mol. The molecule has 2 saturated heterocycles. The largest absolute Gasteiger partial charge is 0.437 e. The van der Waals surface area contributed by atoms with Crippen LogP contribution in [-0.2, 0) is 14.3 Å². The number of hydrogen-bond donors (Lipinski definition) is 1. The number of ether oxygens (including phenoxy) is 2. The van der Waals surface area contributed by atoms with E-state index in [1.807, 2.05) is 43.3 Å². The van der Waals surface area contributed by atoms with Gasteiger partial charge >= 0.3 is 5.97 Å². The van der Waals surface area contributed by atoms with Crippen LogP contribution in [0.2, 0.25) is 0 Å². The lowest BCUT2D eigenvalue weighted by molar-refractivity contribution is -0.246. The van der Waals surface area contributed by atoms with Crippen molar-refractivity contribution in [2.24, 2.45) is 23.5 Å². The van der Waals surface area contributed by atoms with Crippen molar-refractivity contribution >= 4 is 31.8 Å². The Kier molecular flexibility index (Phi) is 4.42. The summed E-state index contributed by atoms with van der Waals surface area (Å²) >= 11 is 0. The van der Waals surface area contributed by atoms with Gasteiger partial charge in [-0.25, -0.2) is 4.79 Å². The number of rotatable bonds is 3. The molecule has 2 aromatic carbocycles. The van der Waals surface area contributed by atoms with Gasteiger partial charge in [0, 0.05) is 18.3 Å². The third kappa shape index (κ3) is 2.58. The van der Waals surface area contributed by atoms with Gasteiger partial charge in [-0.2, -0.15) is 0 Å². The molecule has 7 atom stereocenters.